The van der Waals surface area contributed by atoms with Gasteiger partial charge in [-0.1, -0.05) is 6.58 Å². The Kier molecular flexibility index (Phi) is 6.83. The van der Waals surface area contributed by atoms with Gasteiger partial charge >= 0.3 is 0 Å². The summed E-state index contributed by atoms with van der Waals surface area (Å²) in [6, 6.07) is 6.19. The van der Waals surface area contributed by atoms with Crippen molar-refractivity contribution in [3.63, 3.8) is 0 Å². The summed E-state index contributed by atoms with van der Waals surface area (Å²) in [7, 11) is -3.85. The zero-order valence-electron chi connectivity index (χ0n) is 23.3. The number of hydrogen-bond acceptors (Lipinski definition) is 4. The van der Waals surface area contributed by atoms with Crippen LogP contribution in [-0.2, 0) is 14.8 Å². The van der Waals surface area contributed by atoms with E-state index in [2.05, 4.69) is 17.2 Å². The van der Waals surface area contributed by atoms with Crippen LogP contribution in [0, 0.1) is 23.2 Å². The van der Waals surface area contributed by atoms with E-state index < -0.39 is 21.1 Å². The molecule has 1 heterocycles. The highest BCUT2D eigenvalue weighted by Gasteiger charge is 2.52. The van der Waals surface area contributed by atoms with Crippen LogP contribution in [0.15, 0.2) is 41.8 Å². The minimum atomic E-state index is -3.85. The molecule has 2 N–H and O–H groups in total. The van der Waals surface area contributed by atoms with Crippen LogP contribution in [0.2, 0.25) is 0 Å². The molecule has 0 unspecified atom stereocenters. The molecule has 4 bridgehead atoms. The molecule has 5 fully saturated rings. The quantitative estimate of drug-likeness (QED) is 0.492. The van der Waals surface area contributed by atoms with Crippen molar-refractivity contribution >= 4 is 21.8 Å². The van der Waals surface area contributed by atoms with E-state index >= 15 is 0 Å². The Morgan fingerprint density at radius 2 is 1.42 bits per heavy atom. The van der Waals surface area contributed by atoms with Crippen molar-refractivity contribution in [1.29, 1.82) is 0 Å². The van der Waals surface area contributed by atoms with Gasteiger partial charge in [0, 0.05) is 29.2 Å². The maximum absolute atomic E-state index is 13.9. The molecule has 208 valence electrons. The second kappa shape index (κ2) is 9.47. The molecule has 4 saturated carbocycles. The fourth-order valence-corrected chi connectivity index (χ4v) is 11.2. The Bertz CT molecular complexity index is 1170. The van der Waals surface area contributed by atoms with E-state index in [0.29, 0.717) is 18.4 Å². The first-order valence-electron chi connectivity index (χ1n) is 14.1. The summed E-state index contributed by atoms with van der Waals surface area (Å²) in [5, 5.41) is 6.13. The van der Waals surface area contributed by atoms with Gasteiger partial charge in [-0.05, 0) is 133 Å². The smallest absolute Gasteiger partial charge is 0.251 e. The highest BCUT2D eigenvalue weighted by Crippen LogP contribution is 2.59. The number of rotatable bonds is 7. The topological polar surface area (TPSA) is 95.6 Å². The molecule has 7 nitrogen and oxygen atoms in total. The van der Waals surface area contributed by atoms with Crippen molar-refractivity contribution in [3.8, 4) is 0 Å². The first-order chi connectivity index (χ1) is 17.7. The molecule has 5 aliphatic rings. The lowest BCUT2D eigenvalue weighted by Gasteiger charge is -2.56. The maximum Gasteiger partial charge on any atom is 0.251 e. The van der Waals surface area contributed by atoms with Crippen molar-refractivity contribution in [2.45, 2.75) is 101 Å². The summed E-state index contributed by atoms with van der Waals surface area (Å²) in [5.74, 6) is 2.11. The molecule has 1 aromatic carbocycles. The second-order valence-electron chi connectivity index (χ2n) is 13.8. The Morgan fingerprint density at radius 1 is 0.921 bits per heavy atom. The molecule has 0 aromatic heterocycles. The molecular weight excluding hydrogens is 498 g/mol. The van der Waals surface area contributed by atoms with Crippen molar-refractivity contribution in [2.24, 2.45) is 23.2 Å². The summed E-state index contributed by atoms with van der Waals surface area (Å²) < 4.78 is 29.4. The lowest BCUT2D eigenvalue weighted by molar-refractivity contribution is -0.118. The van der Waals surface area contributed by atoms with Gasteiger partial charge in [0.2, 0.25) is 15.9 Å². The fourth-order valence-electron chi connectivity index (χ4n) is 9.04. The average molecular weight is 542 g/mol. The fraction of sp³-hybridized carbons (Fsp3) is 0.667. The van der Waals surface area contributed by atoms with E-state index in [1.807, 2.05) is 27.7 Å². The summed E-state index contributed by atoms with van der Waals surface area (Å²) in [6.07, 6.45) is 10.0. The molecule has 2 amide bonds. The largest absolute Gasteiger partial charge is 0.351 e. The maximum atomic E-state index is 13.9. The molecule has 1 saturated heterocycles. The monoisotopic (exact) mass is 541 g/mol. The van der Waals surface area contributed by atoms with Gasteiger partial charge in [-0.2, -0.15) is 4.31 Å². The molecule has 8 heteroatoms. The van der Waals surface area contributed by atoms with E-state index in [1.54, 1.807) is 28.6 Å². The number of benzene rings is 1. The summed E-state index contributed by atoms with van der Waals surface area (Å²) in [5.41, 5.74) is -0.721. The molecule has 1 aliphatic heterocycles. The number of amides is 2. The Balaban J connectivity index is 1.28. The summed E-state index contributed by atoms with van der Waals surface area (Å²) in [4.78, 5) is 25.1. The molecule has 6 rings (SSSR count). The first-order valence-corrected chi connectivity index (χ1v) is 15.5. The zero-order chi connectivity index (χ0) is 27.5. The molecule has 0 atom stereocenters. The number of nitrogens with zero attached hydrogens (tertiary/aromatic N) is 1. The van der Waals surface area contributed by atoms with Crippen LogP contribution in [0.3, 0.4) is 0 Å². The lowest BCUT2D eigenvalue weighted by Crippen LogP contribution is -2.65. The SMILES string of the molecule is C=CC(=O)NC1CC(C)(C)N(S(=O)(=O)c2ccc(C(=O)NCC34CC5CC(CC(C5)C3)C4)cc2)C(C)(C)C1. The van der Waals surface area contributed by atoms with Crippen molar-refractivity contribution in [3.05, 3.63) is 42.5 Å². The van der Waals surface area contributed by atoms with E-state index in [9.17, 15) is 18.0 Å². The number of sulfonamides is 1. The standard InChI is InChI=1S/C30H43N3O4S/c1-6-26(34)32-24-17-28(2,3)33(29(4,5)18-24)38(36,37)25-9-7-23(8-10-25)27(35)31-19-30-14-20-11-21(15-30)13-22(12-20)16-30/h6-10,20-22,24H,1,11-19H2,2-5H3,(H,31,35)(H,32,34). The summed E-state index contributed by atoms with van der Waals surface area (Å²) in [6.45, 7) is 11.8. The van der Waals surface area contributed by atoms with Gasteiger partial charge < -0.3 is 10.6 Å². The third-order valence-corrected chi connectivity index (χ3v) is 11.9. The Labute approximate surface area is 227 Å². The minimum absolute atomic E-state index is 0.135. The van der Waals surface area contributed by atoms with Crippen LogP contribution in [0.5, 0.6) is 0 Å². The Hall–Kier alpha value is -2.19. The number of hydrogen-bond donors (Lipinski definition) is 2. The lowest BCUT2D eigenvalue weighted by atomic mass is 9.49. The predicted octanol–water partition coefficient (Wildman–Crippen LogP) is 4.65. The van der Waals surface area contributed by atoms with Gasteiger partial charge in [-0.15, -0.1) is 0 Å². The highest BCUT2D eigenvalue weighted by molar-refractivity contribution is 7.89. The van der Waals surface area contributed by atoms with E-state index in [-0.39, 0.29) is 28.2 Å². The molecular formula is C30H43N3O4S. The third kappa shape index (κ3) is 5.06. The van der Waals surface area contributed by atoms with Crippen LogP contribution < -0.4 is 10.6 Å². The second-order valence-corrected chi connectivity index (χ2v) is 15.6. The zero-order valence-corrected chi connectivity index (χ0v) is 24.1. The van der Waals surface area contributed by atoms with Crippen molar-refractivity contribution in [2.75, 3.05) is 6.54 Å². The van der Waals surface area contributed by atoms with Crippen molar-refractivity contribution in [1.82, 2.24) is 14.9 Å². The molecule has 1 aromatic rings. The van der Waals surface area contributed by atoms with Crippen LogP contribution in [0.1, 0.15) is 89.4 Å². The van der Waals surface area contributed by atoms with Gasteiger partial charge in [0.25, 0.3) is 5.91 Å². The van der Waals surface area contributed by atoms with Crippen LogP contribution in [-0.4, -0.2) is 48.2 Å². The normalized spacial score (nSPS) is 32.1. The Morgan fingerprint density at radius 3 is 1.89 bits per heavy atom. The van der Waals surface area contributed by atoms with Gasteiger partial charge in [-0.25, -0.2) is 8.42 Å². The van der Waals surface area contributed by atoms with Crippen LogP contribution in [0.25, 0.3) is 0 Å². The van der Waals surface area contributed by atoms with Gasteiger partial charge in [0.05, 0.1) is 4.90 Å². The molecule has 0 spiro atoms. The minimum Gasteiger partial charge on any atom is -0.351 e. The molecule has 38 heavy (non-hydrogen) atoms. The summed E-state index contributed by atoms with van der Waals surface area (Å²) >= 11 is 0. The average Bonchev–Trinajstić information content (AvgIpc) is 2.80. The van der Waals surface area contributed by atoms with Gasteiger partial charge in [-0.3, -0.25) is 9.59 Å². The van der Waals surface area contributed by atoms with Crippen LogP contribution >= 0.6 is 0 Å². The highest BCUT2D eigenvalue weighted by atomic mass is 32.2. The van der Waals surface area contributed by atoms with E-state index in [0.717, 1.165) is 24.3 Å². The third-order valence-electron chi connectivity index (χ3n) is 9.57. The molecule has 4 aliphatic carbocycles. The van der Waals surface area contributed by atoms with Crippen molar-refractivity contribution < 1.29 is 18.0 Å². The predicted molar refractivity (Wildman–Crippen MR) is 148 cm³/mol. The number of carbonyl (C=O) groups excluding carboxylic acids is 2. The van der Waals surface area contributed by atoms with E-state index in [4.69, 9.17) is 0 Å². The first kappa shape index (κ1) is 27.4. The van der Waals surface area contributed by atoms with Gasteiger partial charge in [0.15, 0.2) is 0 Å². The van der Waals surface area contributed by atoms with Crippen LogP contribution in [0.4, 0.5) is 0 Å². The molecule has 0 radical (unpaired) electrons. The number of nitrogens with one attached hydrogen (secondary N) is 2. The van der Waals surface area contributed by atoms with E-state index in [1.165, 1.54) is 44.6 Å². The number of piperidine rings is 1. The number of carbonyl (C=O) groups is 2. The van der Waals surface area contributed by atoms with Gasteiger partial charge in [0.1, 0.15) is 0 Å².